The van der Waals surface area contributed by atoms with Crippen LogP contribution in [-0.4, -0.2) is 44.1 Å². The number of carbonyl (C=O) groups excluding carboxylic acids is 1. The molecule has 0 bridgehead atoms. The molecule has 0 saturated carbocycles. The Morgan fingerprint density at radius 3 is 2.95 bits per heavy atom. The van der Waals surface area contributed by atoms with Crippen molar-refractivity contribution in [2.45, 2.75) is 25.7 Å². The topological polar surface area (TPSA) is 74.8 Å². The first kappa shape index (κ1) is 12.8. The Morgan fingerprint density at radius 2 is 2.20 bits per heavy atom. The van der Waals surface area contributed by atoms with Gasteiger partial charge in [-0.2, -0.15) is 5.10 Å². The third-order valence-corrected chi connectivity index (χ3v) is 3.74. The van der Waals surface area contributed by atoms with Gasteiger partial charge in [-0.05, 0) is 18.9 Å². The van der Waals surface area contributed by atoms with Gasteiger partial charge in [-0.15, -0.1) is 0 Å². The molecule has 1 fully saturated rings. The normalized spacial score (nSPS) is 19.1. The van der Waals surface area contributed by atoms with Gasteiger partial charge in [-0.3, -0.25) is 19.9 Å². The fraction of sp³-hybridized carbons (Fsp3) is 0.429. The molecule has 0 spiro atoms. The standard InChI is InChI=1S/C14H17N5O/c1-10(20)19-8-2-3-11(9-19)13-14(16-7-6-15-13)12-4-5-17-18-12/h4-7,11H,2-3,8-9H2,1H3,(H,17,18). The van der Waals surface area contributed by atoms with E-state index >= 15 is 0 Å². The quantitative estimate of drug-likeness (QED) is 0.900. The number of carbonyl (C=O) groups is 1. The molecule has 1 amide bonds. The monoisotopic (exact) mass is 271 g/mol. The molecule has 1 aliphatic heterocycles. The highest BCUT2D eigenvalue weighted by Crippen LogP contribution is 2.30. The molecule has 0 aliphatic carbocycles. The van der Waals surface area contributed by atoms with Crippen LogP contribution in [-0.2, 0) is 4.79 Å². The van der Waals surface area contributed by atoms with Gasteiger partial charge in [-0.25, -0.2) is 0 Å². The van der Waals surface area contributed by atoms with Gasteiger partial charge in [0.15, 0.2) is 0 Å². The van der Waals surface area contributed by atoms with Crippen LogP contribution in [0.4, 0.5) is 0 Å². The molecule has 1 aliphatic rings. The van der Waals surface area contributed by atoms with E-state index in [9.17, 15) is 4.79 Å². The molecule has 20 heavy (non-hydrogen) atoms. The molecule has 1 saturated heterocycles. The predicted octanol–water partition coefficient (Wildman–Crippen LogP) is 1.59. The number of piperidine rings is 1. The summed E-state index contributed by atoms with van der Waals surface area (Å²) < 4.78 is 0. The maximum Gasteiger partial charge on any atom is 0.219 e. The van der Waals surface area contributed by atoms with Crippen molar-refractivity contribution in [3.63, 3.8) is 0 Å². The van der Waals surface area contributed by atoms with Crippen molar-refractivity contribution >= 4 is 5.91 Å². The molecule has 3 rings (SSSR count). The molecule has 6 heteroatoms. The van der Waals surface area contributed by atoms with E-state index in [1.807, 2.05) is 11.0 Å². The van der Waals surface area contributed by atoms with Gasteiger partial charge < -0.3 is 4.90 Å². The number of hydrogen-bond donors (Lipinski definition) is 1. The number of nitrogens with one attached hydrogen (secondary N) is 1. The van der Waals surface area contributed by atoms with Gasteiger partial charge >= 0.3 is 0 Å². The minimum atomic E-state index is 0.127. The molecule has 2 aromatic rings. The number of hydrogen-bond acceptors (Lipinski definition) is 4. The van der Waals surface area contributed by atoms with Crippen molar-refractivity contribution in [2.75, 3.05) is 13.1 Å². The van der Waals surface area contributed by atoms with Gasteiger partial charge in [0.05, 0.1) is 11.4 Å². The second-order valence-corrected chi connectivity index (χ2v) is 5.06. The van der Waals surface area contributed by atoms with Crippen LogP contribution in [0.1, 0.15) is 31.4 Å². The first-order chi connectivity index (χ1) is 9.75. The summed E-state index contributed by atoms with van der Waals surface area (Å²) in [4.78, 5) is 22.4. The maximum absolute atomic E-state index is 11.6. The molecule has 1 N–H and O–H groups in total. The highest BCUT2D eigenvalue weighted by molar-refractivity contribution is 5.73. The van der Waals surface area contributed by atoms with Crippen molar-refractivity contribution in [1.82, 2.24) is 25.1 Å². The minimum Gasteiger partial charge on any atom is -0.342 e. The fourth-order valence-corrected chi connectivity index (χ4v) is 2.73. The molecule has 1 atom stereocenters. The summed E-state index contributed by atoms with van der Waals surface area (Å²) in [6.07, 6.45) is 7.14. The van der Waals surface area contributed by atoms with E-state index in [1.165, 1.54) is 0 Å². The number of nitrogens with zero attached hydrogens (tertiary/aromatic N) is 4. The SMILES string of the molecule is CC(=O)N1CCCC(c2nccnc2-c2ccn[nH]2)C1. The van der Waals surface area contributed by atoms with Crippen molar-refractivity contribution in [3.05, 3.63) is 30.4 Å². The van der Waals surface area contributed by atoms with E-state index in [0.29, 0.717) is 0 Å². The lowest BCUT2D eigenvalue weighted by atomic mass is 9.92. The van der Waals surface area contributed by atoms with E-state index in [0.717, 1.165) is 43.0 Å². The fourth-order valence-electron chi connectivity index (χ4n) is 2.73. The highest BCUT2D eigenvalue weighted by Gasteiger charge is 2.26. The number of aromatic nitrogens is 4. The summed E-state index contributed by atoms with van der Waals surface area (Å²) in [5, 5.41) is 6.90. The summed E-state index contributed by atoms with van der Waals surface area (Å²) in [7, 11) is 0. The molecule has 0 aromatic carbocycles. The molecule has 1 unspecified atom stereocenters. The highest BCUT2D eigenvalue weighted by atomic mass is 16.2. The lowest BCUT2D eigenvalue weighted by molar-refractivity contribution is -0.130. The number of aromatic amines is 1. The summed E-state index contributed by atoms with van der Waals surface area (Å²) in [5.41, 5.74) is 2.65. The van der Waals surface area contributed by atoms with Crippen LogP contribution in [0, 0.1) is 0 Å². The summed E-state index contributed by atoms with van der Waals surface area (Å²) in [6.45, 7) is 3.18. The molecular weight excluding hydrogens is 254 g/mol. The second-order valence-electron chi connectivity index (χ2n) is 5.06. The Morgan fingerprint density at radius 1 is 1.35 bits per heavy atom. The van der Waals surface area contributed by atoms with E-state index < -0.39 is 0 Å². The third kappa shape index (κ3) is 2.41. The van der Waals surface area contributed by atoms with Crippen molar-refractivity contribution in [1.29, 1.82) is 0 Å². The first-order valence-electron chi connectivity index (χ1n) is 6.82. The first-order valence-corrected chi connectivity index (χ1v) is 6.82. The number of H-pyrrole nitrogens is 1. The van der Waals surface area contributed by atoms with E-state index in [-0.39, 0.29) is 11.8 Å². The van der Waals surface area contributed by atoms with E-state index in [4.69, 9.17) is 0 Å². The molecular formula is C14H17N5O. The van der Waals surface area contributed by atoms with Gasteiger partial charge in [0.25, 0.3) is 0 Å². The molecule has 2 aromatic heterocycles. The molecule has 104 valence electrons. The third-order valence-electron chi connectivity index (χ3n) is 3.74. The van der Waals surface area contributed by atoms with Gasteiger partial charge in [0.2, 0.25) is 5.91 Å². The van der Waals surface area contributed by atoms with Gasteiger partial charge in [0.1, 0.15) is 5.69 Å². The van der Waals surface area contributed by atoms with Crippen molar-refractivity contribution in [3.8, 4) is 11.4 Å². The Kier molecular flexibility index (Phi) is 3.45. The minimum absolute atomic E-state index is 0.127. The van der Waals surface area contributed by atoms with Gasteiger partial charge in [-0.1, -0.05) is 0 Å². The zero-order valence-corrected chi connectivity index (χ0v) is 11.4. The van der Waals surface area contributed by atoms with Crippen molar-refractivity contribution in [2.24, 2.45) is 0 Å². The average Bonchev–Trinajstić information content (AvgIpc) is 3.01. The van der Waals surface area contributed by atoms with Crippen LogP contribution in [0.15, 0.2) is 24.7 Å². The zero-order chi connectivity index (χ0) is 13.9. The lowest BCUT2D eigenvalue weighted by Gasteiger charge is -2.32. The molecule has 6 nitrogen and oxygen atoms in total. The zero-order valence-electron chi connectivity index (χ0n) is 11.4. The number of rotatable bonds is 2. The van der Waals surface area contributed by atoms with Gasteiger partial charge in [0, 0.05) is 44.5 Å². The predicted molar refractivity (Wildman–Crippen MR) is 73.8 cm³/mol. The largest absolute Gasteiger partial charge is 0.342 e. The number of amides is 1. The van der Waals surface area contributed by atoms with E-state index in [1.54, 1.807) is 25.5 Å². The summed E-state index contributed by atoms with van der Waals surface area (Å²) in [5.74, 6) is 0.362. The van der Waals surface area contributed by atoms with Crippen LogP contribution in [0.25, 0.3) is 11.4 Å². The molecule has 3 heterocycles. The Hall–Kier alpha value is -2.24. The van der Waals surface area contributed by atoms with E-state index in [2.05, 4.69) is 20.2 Å². The maximum atomic E-state index is 11.6. The van der Waals surface area contributed by atoms with Crippen LogP contribution < -0.4 is 0 Å². The summed E-state index contributed by atoms with van der Waals surface area (Å²) in [6, 6.07) is 1.89. The summed E-state index contributed by atoms with van der Waals surface area (Å²) >= 11 is 0. The van der Waals surface area contributed by atoms with Crippen LogP contribution in [0.5, 0.6) is 0 Å². The smallest absolute Gasteiger partial charge is 0.219 e. The lowest BCUT2D eigenvalue weighted by Crippen LogP contribution is -2.38. The molecule has 0 radical (unpaired) electrons. The Balaban J connectivity index is 1.92. The Bertz CT molecular complexity index is 595. The van der Waals surface area contributed by atoms with Crippen LogP contribution in [0.2, 0.25) is 0 Å². The van der Waals surface area contributed by atoms with Crippen molar-refractivity contribution < 1.29 is 4.79 Å². The van der Waals surface area contributed by atoms with Crippen LogP contribution >= 0.6 is 0 Å². The average molecular weight is 271 g/mol. The second kappa shape index (κ2) is 5.40. The Labute approximate surface area is 117 Å². The van der Waals surface area contributed by atoms with Crippen LogP contribution in [0.3, 0.4) is 0 Å². The number of likely N-dealkylation sites (tertiary alicyclic amines) is 1.